The van der Waals surface area contributed by atoms with Crippen LogP contribution in [0.5, 0.6) is 0 Å². The second kappa shape index (κ2) is 6.89. The molecule has 0 radical (unpaired) electrons. The number of carbonyl (C=O) groups excluding carboxylic acids is 2. The average molecular weight is 265 g/mol. The van der Waals surface area contributed by atoms with Crippen LogP contribution in [0.2, 0.25) is 0 Å². The molecule has 19 heavy (non-hydrogen) atoms. The second-order valence-electron chi connectivity index (χ2n) is 4.57. The third-order valence-electron chi connectivity index (χ3n) is 2.78. The van der Waals surface area contributed by atoms with Gasteiger partial charge in [0.05, 0.1) is 7.11 Å². The van der Waals surface area contributed by atoms with Crippen LogP contribution in [-0.4, -0.2) is 30.1 Å². The molecule has 1 aromatic rings. The molecule has 0 spiro atoms. The van der Waals surface area contributed by atoms with Crippen LogP contribution in [-0.2, 0) is 14.3 Å². The highest BCUT2D eigenvalue weighted by atomic mass is 16.5. The molecule has 1 rings (SSSR count). The Morgan fingerprint density at radius 3 is 2.26 bits per heavy atom. The number of nitrogens with one attached hydrogen (secondary N) is 1. The Hall–Kier alpha value is -1.88. The Kier molecular flexibility index (Phi) is 5.51. The normalized spacial score (nSPS) is 13.7. The number of benzene rings is 1. The van der Waals surface area contributed by atoms with E-state index >= 15 is 0 Å². The van der Waals surface area contributed by atoms with Crippen molar-refractivity contribution in [2.24, 2.45) is 5.92 Å². The summed E-state index contributed by atoms with van der Waals surface area (Å²) in [5, 5.41) is 12.4. The molecule has 0 saturated carbocycles. The molecule has 0 fully saturated rings. The van der Waals surface area contributed by atoms with E-state index in [0.29, 0.717) is 5.56 Å². The van der Waals surface area contributed by atoms with Gasteiger partial charge in [-0.1, -0.05) is 44.2 Å². The summed E-state index contributed by atoms with van der Waals surface area (Å²) in [6, 6.07) is 7.77. The third-order valence-corrected chi connectivity index (χ3v) is 2.78. The molecule has 0 heterocycles. The first-order chi connectivity index (χ1) is 8.97. The van der Waals surface area contributed by atoms with Gasteiger partial charge in [-0.2, -0.15) is 0 Å². The van der Waals surface area contributed by atoms with E-state index in [1.807, 2.05) is 0 Å². The smallest absolute Gasteiger partial charge is 0.328 e. The highest BCUT2D eigenvalue weighted by molar-refractivity contribution is 5.87. The Balaban J connectivity index is 2.75. The molecule has 0 bridgehead atoms. The lowest BCUT2D eigenvalue weighted by Crippen LogP contribution is -2.46. The van der Waals surface area contributed by atoms with Crippen LogP contribution < -0.4 is 5.32 Å². The molecular formula is C14H19NO4. The lowest BCUT2D eigenvalue weighted by molar-refractivity contribution is -0.147. The number of hydrogen-bond donors (Lipinski definition) is 2. The topological polar surface area (TPSA) is 75.6 Å². The van der Waals surface area contributed by atoms with Crippen LogP contribution in [0.4, 0.5) is 0 Å². The fraction of sp³-hybridized carbons (Fsp3) is 0.429. The minimum Gasteiger partial charge on any atom is -0.467 e. The molecule has 0 aliphatic carbocycles. The van der Waals surface area contributed by atoms with Crippen LogP contribution in [0.3, 0.4) is 0 Å². The van der Waals surface area contributed by atoms with Gasteiger partial charge in [0, 0.05) is 0 Å². The summed E-state index contributed by atoms with van der Waals surface area (Å²) in [5.74, 6) is -1.27. The number of carbonyl (C=O) groups is 2. The van der Waals surface area contributed by atoms with Crippen molar-refractivity contribution < 1.29 is 19.4 Å². The molecular weight excluding hydrogens is 246 g/mol. The van der Waals surface area contributed by atoms with Crippen molar-refractivity contribution in [3.05, 3.63) is 35.9 Å². The first kappa shape index (κ1) is 15.2. The molecule has 0 saturated heterocycles. The molecule has 2 N–H and O–H groups in total. The summed E-state index contributed by atoms with van der Waals surface area (Å²) in [7, 11) is 1.26. The van der Waals surface area contributed by atoms with Gasteiger partial charge in [0.1, 0.15) is 6.04 Å². The van der Waals surface area contributed by atoms with Crippen molar-refractivity contribution in [2.75, 3.05) is 7.11 Å². The summed E-state index contributed by atoms with van der Waals surface area (Å²) in [6.45, 7) is 3.58. The highest BCUT2D eigenvalue weighted by Crippen LogP contribution is 2.13. The maximum Gasteiger partial charge on any atom is 0.328 e. The van der Waals surface area contributed by atoms with Crippen LogP contribution in [0.1, 0.15) is 25.5 Å². The fourth-order valence-electron chi connectivity index (χ4n) is 1.64. The minimum absolute atomic E-state index is 0.126. The molecule has 0 aromatic heterocycles. The van der Waals surface area contributed by atoms with E-state index in [1.54, 1.807) is 44.2 Å². The van der Waals surface area contributed by atoms with Gasteiger partial charge in [0.2, 0.25) is 0 Å². The molecule has 1 aromatic carbocycles. The van der Waals surface area contributed by atoms with Gasteiger partial charge in [0.25, 0.3) is 5.91 Å². The SMILES string of the molecule is COC(=O)[C@@H](NC(=O)[C@H](O)c1ccccc1)C(C)C. The van der Waals surface area contributed by atoms with E-state index in [1.165, 1.54) is 7.11 Å². The van der Waals surface area contributed by atoms with Crippen LogP contribution in [0.15, 0.2) is 30.3 Å². The zero-order valence-electron chi connectivity index (χ0n) is 11.3. The summed E-state index contributed by atoms with van der Waals surface area (Å²) in [5.41, 5.74) is 0.479. The Morgan fingerprint density at radius 1 is 1.21 bits per heavy atom. The Labute approximate surface area is 112 Å². The van der Waals surface area contributed by atoms with E-state index in [4.69, 9.17) is 0 Å². The standard InChI is InChI=1S/C14H19NO4/c1-9(2)11(14(18)19-3)15-13(17)12(16)10-7-5-4-6-8-10/h4-9,11-12,16H,1-3H3,(H,15,17)/t11-,12+/m0/s1. The molecule has 2 atom stereocenters. The van der Waals surface area contributed by atoms with E-state index in [0.717, 1.165) is 0 Å². The molecule has 1 amide bonds. The molecule has 0 aliphatic heterocycles. The highest BCUT2D eigenvalue weighted by Gasteiger charge is 2.28. The van der Waals surface area contributed by atoms with Gasteiger partial charge in [-0.15, -0.1) is 0 Å². The molecule has 5 nitrogen and oxygen atoms in total. The summed E-state index contributed by atoms with van der Waals surface area (Å²) in [6.07, 6.45) is -1.30. The van der Waals surface area contributed by atoms with Crippen molar-refractivity contribution >= 4 is 11.9 Å². The number of aliphatic hydroxyl groups is 1. The summed E-state index contributed by atoms with van der Waals surface area (Å²) in [4.78, 5) is 23.4. The van der Waals surface area contributed by atoms with Crippen LogP contribution in [0.25, 0.3) is 0 Å². The number of rotatable bonds is 5. The van der Waals surface area contributed by atoms with Crippen molar-refractivity contribution in [1.29, 1.82) is 0 Å². The predicted octanol–water partition coefficient (Wildman–Crippen LogP) is 1.03. The quantitative estimate of drug-likeness (QED) is 0.780. The van der Waals surface area contributed by atoms with Gasteiger partial charge < -0.3 is 15.2 Å². The largest absolute Gasteiger partial charge is 0.467 e. The van der Waals surface area contributed by atoms with Gasteiger partial charge >= 0.3 is 5.97 Å². The van der Waals surface area contributed by atoms with Crippen molar-refractivity contribution in [1.82, 2.24) is 5.32 Å². The molecule has 0 unspecified atom stereocenters. The number of aliphatic hydroxyl groups excluding tert-OH is 1. The number of esters is 1. The van der Waals surface area contributed by atoms with E-state index < -0.39 is 24.0 Å². The fourth-order valence-corrected chi connectivity index (χ4v) is 1.64. The van der Waals surface area contributed by atoms with Crippen molar-refractivity contribution in [3.63, 3.8) is 0 Å². The first-order valence-electron chi connectivity index (χ1n) is 6.08. The van der Waals surface area contributed by atoms with Crippen molar-refractivity contribution in [3.8, 4) is 0 Å². The lowest BCUT2D eigenvalue weighted by Gasteiger charge is -2.21. The van der Waals surface area contributed by atoms with Crippen LogP contribution >= 0.6 is 0 Å². The average Bonchev–Trinajstić information content (AvgIpc) is 2.43. The maximum absolute atomic E-state index is 11.9. The second-order valence-corrected chi connectivity index (χ2v) is 4.57. The summed E-state index contributed by atoms with van der Waals surface area (Å²) < 4.78 is 4.62. The minimum atomic E-state index is -1.30. The van der Waals surface area contributed by atoms with Gasteiger partial charge in [-0.05, 0) is 11.5 Å². The number of hydrogen-bond acceptors (Lipinski definition) is 4. The van der Waals surface area contributed by atoms with Gasteiger partial charge in [-0.3, -0.25) is 4.79 Å². The molecule has 0 aliphatic rings. The van der Waals surface area contributed by atoms with E-state index in [9.17, 15) is 14.7 Å². The number of amides is 1. The molecule has 5 heteroatoms. The zero-order valence-corrected chi connectivity index (χ0v) is 11.3. The lowest BCUT2D eigenvalue weighted by atomic mass is 10.0. The zero-order chi connectivity index (χ0) is 14.4. The van der Waals surface area contributed by atoms with Crippen molar-refractivity contribution in [2.45, 2.75) is 26.0 Å². The van der Waals surface area contributed by atoms with Gasteiger partial charge in [0.15, 0.2) is 6.10 Å². The predicted molar refractivity (Wildman–Crippen MR) is 70.2 cm³/mol. The third kappa shape index (κ3) is 4.06. The maximum atomic E-state index is 11.9. The number of methoxy groups -OCH3 is 1. The first-order valence-corrected chi connectivity index (χ1v) is 6.08. The monoisotopic (exact) mass is 265 g/mol. The Bertz CT molecular complexity index is 430. The van der Waals surface area contributed by atoms with E-state index in [2.05, 4.69) is 10.1 Å². The van der Waals surface area contributed by atoms with Gasteiger partial charge in [-0.25, -0.2) is 4.79 Å². The summed E-state index contributed by atoms with van der Waals surface area (Å²) >= 11 is 0. The van der Waals surface area contributed by atoms with Crippen LogP contribution in [0, 0.1) is 5.92 Å². The Morgan fingerprint density at radius 2 is 1.79 bits per heavy atom. The van der Waals surface area contributed by atoms with E-state index in [-0.39, 0.29) is 5.92 Å². The molecule has 104 valence electrons. The number of ether oxygens (including phenoxy) is 1.